The van der Waals surface area contributed by atoms with Gasteiger partial charge in [0.2, 0.25) is 0 Å². The summed E-state index contributed by atoms with van der Waals surface area (Å²) in [6, 6.07) is 14.9. The van der Waals surface area contributed by atoms with Crippen molar-refractivity contribution in [2.75, 3.05) is 5.32 Å². The number of benzene rings is 2. The number of hydrogen-bond donors (Lipinski definition) is 1. The molecule has 0 fully saturated rings. The normalized spacial score (nSPS) is 11.8. The molecule has 0 saturated carbocycles. The van der Waals surface area contributed by atoms with Crippen LogP contribution in [-0.4, -0.2) is 14.7 Å². The summed E-state index contributed by atoms with van der Waals surface area (Å²) in [5.74, 6) is 0. The SMILES string of the molecule is S=C(Nc1ccccc1)OC(Cn1ccnc1)c1ccc(Cl)cc1Cl. The van der Waals surface area contributed by atoms with E-state index < -0.39 is 0 Å². The van der Waals surface area contributed by atoms with E-state index in [2.05, 4.69) is 10.3 Å². The van der Waals surface area contributed by atoms with Gasteiger partial charge in [0.05, 0.1) is 12.9 Å². The Bertz CT molecular complexity index is 841. The van der Waals surface area contributed by atoms with Gasteiger partial charge in [-0.2, -0.15) is 0 Å². The predicted molar refractivity (Wildman–Crippen MR) is 105 cm³/mol. The van der Waals surface area contributed by atoms with Crippen LogP contribution in [0.1, 0.15) is 11.7 Å². The topological polar surface area (TPSA) is 39.1 Å². The Labute approximate surface area is 161 Å². The maximum absolute atomic E-state index is 6.36. The summed E-state index contributed by atoms with van der Waals surface area (Å²) in [5, 5.41) is 4.43. The van der Waals surface area contributed by atoms with Crippen molar-refractivity contribution in [2.45, 2.75) is 12.6 Å². The molecule has 0 amide bonds. The molecule has 1 unspecified atom stereocenters. The van der Waals surface area contributed by atoms with Crippen LogP contribution in [0.4, 0.5) is 5.69 Å². The van der Waals surface area contributed by atoms with Gasteiger partial charge in [0.1, 0.15) is 6.10 Å². The summed E-state index contributed by atoms with van der Waals surface area (Å²) in [6.45, 7) is 0.512. The fourth-order valence-electron chi connectivity index (χ4n) is 2.35. The lowest BCUT2D eigenvalue weighted by Crippen LogP contribution is -2.20. The van der Waals surface area contributed by atoms with E-state index in [9.17, 15) is 0 Å². The van der Waals surface area contributed by atoms with Crippen molar-refractivity contribution >= 4 is 46.3 Å². The number of para-hydroxylation sites is 1. The van der Waals surface area contributed by atoms with Gasteiger partial charge >= 0.3 is 0 Å². The molecule has 0 aliphatic heterocycles. The number of anilines is 1. The second kappa shape index (κ2) is 8.34. The lowest BCUT2D eigenvalue weighted by molar-refractivity contribution is 0.175. The van der Waals surface area contributed by atoms with Crippen LogP contribution in [-0.2, 0) is 11.3 Å². The molecule has 1 aromatic heterocycles. The highest BCUT2D eigenvalue weighted by molar-refractivity contribution is 7.80. The van der Waals surface area contributed by atoms with E-state index in [1.54, 1.807) is 24.7 Å². The Morgan fingerprint density at radius 2 is 2.00 bits per heavy atom. The summed E-state index contributed by atoms with van der Waals surface area (Å²) < 4.78 is 7.88. The standard InChI is InChI=1S/C18H15Cl2N3OS/c19-13-6-7-15(16(20)10-13)17(11-23-9-8-21-12-23)24-18(25)22-14-4-2-1-3-5-14/h1-10,12,17H,11H2,(H,22,25). The van der Waals surface area contributed by atoms with Crippen LogP contribution in [0.3, 0.4) is 0 Å². The largest absolute Gasteiger partial charge is 0.461 e. The summed E-state index contributed by atoms with van der Waals surface area (Å²) >= 11 is 17.7. The molecule has 1 heterocycles. The maximum Gasteiger partial charge on any atom is 0.261 e. The molecule has 0 spiro atoms. The second-order valence-electron chi connectivity index (χ2n) is 5.31. The zero-order chi connectivity index (χ0) is 17.6. The molecule has 4 nitrogen and oxygen atoms in total. The van der Waals surface area contributed by atoms with Crippen molar-refractivity contribution in [3.63, 3.8) is 0 Å². The molecule has 0 aliphatic carbocycles. The van der Waals surface area contributed by atoms with Crippen molar-refractivity contribution in [1.82, 2.24) is 9.55 Å². The van der Waals surface area contributed by atoms with Gasteiger partial charge in [-0.15, -0.1) is 0 Å². The minimum Gasteiger partial charge on any atom is -0.461 e. The Morgan fingerprint density at radius 3 is 2.68 bits per heavy atom. The van der Waals surface area contributed by atoms with Gasteiger partial charge in [0.25, 0.3) is 5.17 Å². The fourth-order valence-corrected chi connectivity index (χ4v) is 3.11. The number of aromatic nitrogens is 2. The van der Waals surface area contributed by atoms with E-state index in [4.69, 9.17) is 40.2 Å². The zero-order valence-electron chi connectivity index (χ0n) is 13.1. The molecule has 3 aromatic rings. The third-order valence-corrected chi connectivity index (χ3v) is 4.28. The first-order valence-electron chi connectivity index (χ1n) is 7.55. The van der Waals surface area contributed by atoms with Crippen molar-refractivity contribution < 1.29 is 4.74 Å². The highest BCUT2D eigenvalue weighted by Gasteiger charge is 2.19. The fraction of sp³-hybridized carbons (Fsp3) is 0.111. The Hall–Kier alpha value is -2.08. The molecule has 2 aromatic carbocycles. The average Bonchev–Trinajstić information content (AvgIpc) is 3.08. The van der Waals surface area contributed by atoms with E-state index in [0.29, 0.717) is 16.6 Å². The van der Waals surface area contributed by atoms with Crippen molar-refractivity contribution in [1.29, 1.82) is 0 Å². The molecule has 3 rings (SSSR count). The van der Waals surface area contributed by atoms with Gasteiger partial charge in [-0.1, -0.05) is 47.5 Å². The number of rotatable bonds is 5. The first kappa shape index (κ1) is 17.7. The lowest BCUT2D eigenvalue weighted by Gasteiger charge is -2.22. The van der Waals surface area contributed by atoms with Crippen LogP contribution >= 0.6 is 35.4 Å². The number of ether oxygens (including phenoxy) is 1. The first-order chi connectivity index (χ1) is 12.1. The van der Waals surface area contributed by atoms with E-state index in [-0.39, 0.29) is 11.3 Å². The van der Waals surface area contributed by atoms with Crippen LogP contribution in [0, 0.1) is 0 Å². The molecule has 1 N–H and O–H groups in total. The van der Waals surface area contributed by atoms with E-state index in [1.807, 2.05) is 47.2 Å². The Balaban J connectivity index is 1.79. The minimum atomic E-state index is -0.386. The molecular weight excluding hydrogens is 377 g/mol. The summed E-state index contributed by atoms with van der Waals surface area (Å²) in [5.41, 5.74) is 1.66. The van der Waals surface area contributed by atoms with Crippen molar-refractivity contribution in [2.24, 2.45) is 0 Å². The Morgan fingerprint density at radius 1 is 1.20 bits per heavy atom. The summed E-state index contributed by atoms with van der Waals surface area (Å²) in [7, 11) is 0. The number of halogens is 2. The van der Waals surface area contributed by atoms with Gasteiger partial charge in [0, 0.05) is 33.7 Å². The third-order valence-electron chi connectivity index (χ3n) is 3.51. The average molecular weight is 392 g/mol. The van der Waals surface area contributed by atoms with Gasteiger partial charge in [-0.3, -0.25) is 0 Å². The number of hydrogen-bond acceptors (Lipinski definition) is 3. The van der Waals surface area contributed by atoms with Crippen molar-refractivity contribution in [3.05, 3.63) is 82.9 Å². The second-order valence-corrected chi connectivity index (χ2v) is 6.52. The van der Waals surface area contributed by atoms with Crippen LogP contribution in [0.15, 0.2) is 67.3 Å². The van der Waals surface area contributed by atoms with Crippen LogP contribution < -0.4 is 5.32 Å². The number of nitrogens with one attached hydrogen (secondary N) is 1. The molecule has 7 heteroatoms. The highest BCUT2D eigenvalue weighted by atomic mass is 35.5. The predicted octanol–water partition coefficient (Wildman–Crippen LogP) is 5.34. The third kappa shape index (κ3) is 4.95. The zero-order valence-corrected chi connectivity index (χ0v) is 15.4. The van der Waals surface area contributed by atoms with Crippen LogP contribution in [0.25, 0.3) is 0 Å². The van der Waals surface area contributed by atoms with Gasteiger partial charge in [0.15, 0.2) is 0 Å². The van der Waals surface area contributed by atoms with Gasteiger partial charge in [-0.25, -0.2) is 4.98 Å². The highest BCUT2D eigenvalue weighted by Crippen LogP contribution is 2.30. The maximum atomic E-state index is 6.36. The van der Waals surface area contributed by atoms with E-state index >= 15 is 0 Å². The minimum absolute atomic E-state index is 0.266. The molecule has 0 saturated heterocycles. The van der Waals surface area contributed by atoms with Crippen LogP contribution in [0.5, 0.6) is 0 Å². The Kier molecular flexibility index (Phi) is 5.91. The monoisotopic (exact) mass is 391 g/mol. The lowest BCUT2D eigenvalue weighted by atomic mass is 10.1. The molecule has 1 atom stereocenters. The van der Waals surface area contributed by atoms with Gasteiger partial charge in [-0.05, 0) is 36.5 Å². The molecular formula is C18H15Cl2N3OS. The van der Waals surface area contributed by atoms with Crippen LogP contribution in [0.2, 0.25) is 10.0 Å². The smallest absolute Gasteiger partial charge is 0.261 e. The van der Waals surface area contributed by atoms with Gasteiger partial charge < -0.3 is 14.6 Å². The van der Waals surface area contributed by atoms with E-state index in [1.165, 1.54) is 0 Å². The summed E-state index contributed by atoms with van der Waals surface area (Å²) in [4.78, 5) is 4.06. The van der Waals surface area contributed by atoms with E-state index in [0.717, 1.165) is 11.3 Å². The number of thiocarbonyl (C=S) groups is 1. The first-order valence-corrected chi connectivity index (χ1v) is 8.71. The molecule has 128 valence electrons. The number of nitrogens with zero attached hydrogens (tertiary/aromatic N) is 2. The van der Waals surface area contributed by atoms with Crippen molar-refractivity contribution in [3.8, 4) is 0 Å². The molecule has 0 aliphatic rings. The number of imidazole rings is 1. The summed E-state index contributed by atoms with van der Waals surface area (Å²) in [6.07, 6.45) is 4.89. The quantitative estimate of drug-likeness (QED) is 0.595. The molecule has 0 bridgehead atoms. The molecule has 0 radical (unpaired) electrons. The molecule has 25 heavy (non-hydrogen) atoms.